The number of para-hydroxylation sites is 2. The van der Waals surface area contributed by atoms with E-state index in [0.717, 1.165) is 111 Å². The van der Waals surface area contributed by atoms with E-state index in [0.29, 0.717) is 34.9 Å². The van der Waals surface area contributed by atoms with Crippen LogP contribution in [-0.4, -0.2) is 34.5 Å². The molecule has 86 heavy (non-hydrogen) atoms. The van der Waals surface area contributed by atoms with Gasteiger partial charge in [-0.05, 0) is 92.0 Å². The topological polar surface area (TPSA) is 82.3 Å². The van der Waals surface area contributed by atoms with E-state index in [-0.39, 0.29) is 0 Å². The quantitative estimate of drug-likeness (QED) is 0.121. The van der Waals surface area contributed by atoms with Crippen molar-refractivity contribution in [2.24, 2.45) is 7.05 Å². The van der Waals surface area contributed by atoms with Gasteiger partial charge in [0.2, 0.25) is 0 Å². The van der Waals surface area contributed by atoms with Crippen molar-refractivity contribution in [3.8, 4) is 135 Å². The summed E-state index contributed by atoms with van der Waals surface area (Å²) < 4.78 is 2.35. The lowest BCUT2D eigenvalue weighted by atomic mass is 9.96. The summed E-state index contributed by atoms with van der Waals surface area (Å²) in [7, 11) is 2.18. The molecule has 0 atom stereocenters. The Balaban J connectivity index is 0.786. The molecular weight excluding hydrogens is 1050 g/mol. The van der Waals surface area contributed by atoms with Gasteiger partial charge in [0.1, 0.15) is 0 Å². The molecule has 15 rings (SSSR count). The Morgan fingerprint density at radius 1 is 0.186 bits per heavy atom. The number of fused-ring (bicyclic) bond motifs is 3. The Kier molecular flexibility index (Phi) is 13.3. The van der Waals surface area contributed by atoms with Crippen LogP contribution in [0, 0.1) is 0 Å². The lowest BCUT2D eigenvalue weighted by Gasteiger charge is -2.13. The van der Waals surface area contributed by atoms with Crippen molar-refractivity contribution in [1.29, 1.82) is 0 Å². The third-order valence-corrected chi connectivity index (χ3v) is 16.1. The molecule has 3 heterocycles. The van der Waals surface area contributed by atoms with Crippen molar-refractivity contribution in [2.75, 3.05) is 0 Å². The molecule has 0 saturated heterocycles. The van der Waals surface area contributed by atoms with E-state index in [2.05, 4.69) is 254 Å². The van der Waals surface area contributed by atoms with Gasteiger partial charge in [0, 0.05) is 62.3 Å². The molecule has 0 fully saturated rings. The molecule has 0 amide bonds. The maximum absolute atomic E-state index is 5.25. The first-order valence-electron chi connectivity index (χ1n) is 28.9. The van der Waals surface area contributed by atoms with E-state index in [1.54, 1.807) is 0 Å². The normalized spacial score (nSPS) is 11.3. The third kappa shape index (κ3) is 9.99. The first-order chi connectivity index (χ1) is 42.5. The van der Waals surface area contributed by atoms with Crippen LogP contribution in [0.4, 0.5) is 0 Å². The van der Waals surface area contributed by atoms with Crippen LogP contribution < -0.4 is 0 Å². The highest BCUT2D eigenvalue weighted by Crippen LogP contribution is 2.41. The average molecular weight is 1100 g/mol. The van der Waals surface area contributed by atoms with Gasteiger partial charge < -0.3 is 4.57 Å². The number of rotatable bonds is 12. The lowest BCUT2D eigenvalue weighted by Crippen LogP contribution is -2.00. The van der Waals surface area contributed by atoms with Crippen molar-refractivity contribution in [3.05, 3.63) is 303 Å². The predicted molar refractivity (Wildman–Crippen MR) is 352 cm³/mol. The molecule has 0 bridgehead atoms. The van der Waals surface area contributed by atoms with Gasteiger partial charge >= 0.3 is 0 Å². The van der Waals surface area contributed by atoms with E-state index < -0.39 is 0 Å². The Hall–Kier alpha value is -11.5. The molecule has 7 nitrogen and oxygen atoms in total. The molecular formula is C79H53N7. The SMILES string of the molecule is Cn1c2c(-c3ccc(-c4nc(-c5ccccc5)nc(-c5cc(-c6ccccc6)cc(-c6ccccc6)c5)n4)cc3)cccc2c2cccc(-c3ccc(-c4nc(-c5ccccc5)nc(-c5cc(-c6ccccc6)cc(-c6ccccc6)c5)n4)cc3)c21. The van der Waals surface area contributed by atoms with Gasteiger partial charge in [0.25, 0.3) is 0 Å². The summed E-state index contributed by atoms with van der Waals surface area (Å²) in [5, 5.41) is 2.37. The van der Waals surface area contributed by atoms with Crippen LogP contribution in [0.3, 0.4) is 0 Å². The molecule has 0 unspecified atom stereocenters. The molecule has 0 saturated carbocycles. The number of nitrogens with zero attached hydrogens (tertiary/aromatic N) is 7. The fourth-order valence-corrected chi connectivity index (χ4v) is 11.8. The first kappa shape index (κ1) is 51.3. The van der Waals surface area contributed by atoms with Gasteiger partial charge in [-0.3, -0.25) is 0 Å². The van der Waals surface area contributed by atoms with Crippen LogP contribution in [0.15, 0.2) is 303 Å². The van der Waals surface area contributed by atoms with Crippen LogP contribution in [0.5, 0.6) is 0 Å². The van der Waals surface area contributed by atoms with E-state index in [4.69, 9.17) is 29.9 Å². The van der Waals surface area contributed by atoms with Crippen molar-refractivity contribution >= 4 is 21.8 Å². The van der Waals surface area contributed by atoms with Crippen LogP contribution in [0.2, 0.25) is 0 Å². The fourth-order valence-electron chi connectivity index (χ4n) is 11.8. The van der Waals surface area contributed by atoms with E-state index in [1.807, 2.05) is 60.7 Å². The summed E-state index contributed by atoms with van der Waals surface area (Å²) in [4.78, 5) is 31.1. The molecule has 0 radical (unpaired) electrons. The molecule has 0 aliphatic carbocycles. The van der Waals surface area contributed by atoms with Crippen molar-refractivity contribution in [1.82, 2.24) is 34.5 Å². The standard InChI is InChI=1S/C79H53N7/c1-86-72-68(56-38-42-60(43-39-56)76-80-74(58-30-16-6-17-31-58)82-78(84-76)66-48-62(52-22-8-2-9-23-52)46-63(49-66)53-24-10-3-11-25-53)34-20-36-70(72)71-37-21-35-69(73(71)86)57-40-44-61(45-41-57)77-81-75(59-32-18-7-19-33-59)83-79(85-77)67-50-64(54-26-12-4-13-27-54)47-65(51-67)55-28-14-5-15-29-55/h2-51H,1H3. The van der Waals surface area contributed by atoms with E-state index in [1.165, 1.54) is 10.8 Å². The Morgan fingerprint density at radius 2 is 0.407 bits per heavy atom. The Labute approximate surface area is 499 Å². The van der Waals surface area contributed by atoms with Crippen molar-refractivity contribution < 1.29 is 0 Å². The minimum absolute atomic E-state index is 0.601. The van der Waals surface area contributed by atoms with Crippen LogP contribution in [0.1, 0.15) is 0 Å². The maximum Gasteiger partial charge on any atom is 0.164 e. The third-order valence-electron chi connectivity index (χ3n) is 16.1. The number of hydrogen-bond acceptors (Lipinski definition) is 6. The fraction of sp³-hybridized carbons (Fsp3) is 0.0127. The second-order valence-corrected chi connectivity index (χ2v) is 21.5. The molecule has 0 aliphatic heterocycles. The van der Waals surface area contributed by atoms with Gasteiger partial charge in [-0.15, -0.1) is 0 Å². The van der Waals surface area contributed by atoms with Crippen molar-refractivity contribution in [3.63, 3.8) is 0 Å². The summed E-state index contributed by atoms with van der Waals surface area (Å²) in [6.07, 6.45) is 0. The Morgan fingerprint density at radius 3 is 0.686 bits per heavy atom. The maximum atomic E-state index is 5.25. The van der Waals surface area contributed by atoms with Gasteiger partial charge in [-0.2, -0.15) is 0 Å². The van der Waals surface area contributed by atoms with Crippen LogP contribution in [-0.2, 0) is 7.05 Å². The summed E-state index contributed by atoms with van der Waals surface area (Å²) in [6.45, 7) is 0. The summed E-state index contributed by atoms with van der Waals surface area (Å²) >= 11 is 0. The summed E-state index contributed by atoms with van der Waals surface area (Å²) in [6, 6.07) is 106. The van der Waals surface area contributed by atoms with E-state index in [9.17, 15) is 0 Å². The zero-order valence-electron chi connectivity index (χ0n) is 47.0. The van der Waals surface area contributed by atoms with Gasteiger partial charge in [0.15, 0.2) is 34.9 Å². The molecule has 0 spiro atoms. The van der Waals surface area contributed by atoms with Gasteiger partial charge in [-0.1, -0.05) is 267 Å². The molecule has 404 valence electrons. The number of benzene rings is 12. The zero-order chi connectivity index (χ0) is 57.3. The highest BCUT2D eigenvalue weighted by Gasteiger charge is 2.20. The van der Waals surface area contributed by atoms with Crippen molar-refractivity contribution in [2.45, 2.75) is 0 Å². The highest BCUT2D eigenvalue weighted by molar-refractivity contribution is 6.16. The van der Waals surface area contributed by atoms with E-state index >= 15 is 0 Å². The summed E-state index contributed by atoms with van der Waals surface area (Å²) in [5.74, 6) is 3.64. The lowest BCUT2D eigenvalue weighted by molar-refractivity contribution is 1.02. The molecule has 0 aliphatic rings. The molecule has 15 aromatic rings. The number of hydrogen-bond donors (Lipinski definition) is 0. The highest BCUT2D eigenvalue weighted by atomic mass is 15.0. The average Bonchev–Trinajstić information content (AvgIpc) is 2.22. The smallest absolute Gasteiger partial charge is 0.164 e. The molecule has 12 aromatic carbocycles. The second kappa shape index (κ2) is 22.3. The number of aryl methyl sites for hydroxylation is 1. The van der Waals surface area contributed by atoms with Gasteiger partial charge in [-0.25, -0.2) is 29.9 Å². The minimum atomic E-state index is 0.601. The Bertz CT molecular complexity index is 4510. The first-order valence-corrected chi connectivity index (χ1v) is 28.9. The van der Waals surface area contributed by atoms with Crippen LogP contribution in [0.25, 0.3) is 157 Å². The van der Waals surface area contributed by atoms with Crippen LogP contribution >= 0.6 is 0 Å². The number of aromatic nitrogens is 7. The minimum Gasteiger partial charge on any atom is -0.343 e. The van der Waals surface area contributed by atoms with Gasteiger partial charge in [0.05, 0.1) is 11.0 Å². The predicted octanol–water partition coefficient (Wildman–Crippen LogP) is 19.7. The molecule has 3 aromatic heterocycles. The second-order valence-electron chi connectivity index (χ2n) is 21.5. The largest absolute Gasteiger partial charge is 0.343 e. The zero-order valence-corrected chi connectivity index (χ0v) is 47.0. The summed E-state index contributed by atoms with van der Waals surface area (Å²) in [5.41, 5.74) is 21.0. The molecule has 7 heteroatoms. The monoisotopic (exact) mass is 1100 g/mol. The molecule has 0 N–H and O–H groups in total.